The number of carboxylic acid groups (broad SMARTS) is 1. The fourth-order valence-corrected chi connectivity index (χ4v) is 1.91. The highest BCUT2D eigenvalue weighted by Crippen LogP contribution is 2.24. The fraction of sp³-hybridized carbons (Fsp3) is 0.364. The van der Waals surface area contributed by atoms with E-state index in [-0.39, 0.29) is 11.5 Å². The largest absolute Gasteiger partial charge is 0.478 e. The number of rotatable bonds is 2. The molecule has 0 amide bonds. The van der Waals surface area contributed by atoms with Crippen molar-refractivity contribution in [3.05, 3.63) is 35.1 Å². The third kappa shape index (κ3) is 2.15. The molecule has 4 heteroatoms. The normalized spacial score (nSPS) is 20.5. The summed E-state index contributed by atoms with van der Waals surface area (Å²) in [4.78, 5) is 10.7. The molecule has 80 valence electrons. The number of halogens is 1. The van der Waals surface area contributed by atoms with Crippen molar-refractivity contribution >= 4 is 5.97 Å². The molecule has 1 fully saturated rings. The molecule has 1 atom stereocenters. The van der Waals surface area contributed by atoms with Gasteiger partial charge in [0.2, 0.25) is 0 Å². The molecule has 0 spiro atoms. The van der Waals surface area contributed by atoms with Crippen LogP contribution in [0.1, 0.15) is 28.3 Å². The summed E-state index contributed by atoms with van der Waals surface area (Å²) in [5.74, 6) is -1.32. The van der Waals surface area contributed by atoms with Crippen molar-refractivity contribution in [3.8, 4) is 0 Å². The van der Waals surface area contributed by atoms with Crippen LogP contribution in [0.3, 0.4) is 0 Å². The van der Waals surface area contributed by atoms with Crippen LogP contribution in [0.25, 0.3) is 0 Å². The second-order valence-electron chi connectivity index (χ2n) is 3.77. The second-order valence-corrected chi connectivity index (χ2v) is 3.77. The Balaban J connectivity index is 2.34. The maximum Gasteiger partial charge on any atom is 0.335 e. The Labute approximate surface area is 86.9 Å². The summed E-state index contributed by atoms with van der Waals surface area (Å²) in [6.07, 6.45) is 0.933. The summed E-state index contributed by atoms with van der Waals surface area (Å²) < 4.78 is 13.2. The molecule has 1 aromatic carbocycles. The monoisotopic (exact) mass is 209 g/mol. The summed E-state index contributed by atoms with van der Waals surface area (Å²) in [5, 5.41) is 12.0. The van der Waals surface area contributed by atoms with Gasteiger partial charge in [-0.3, -0.25) is 0 Å². The van der Waals surface area contributed by atoms with Crippen molar-refractivity contribution in [2.45, 2.75) is 12.3 Å². The van der Waals surface area contributed by atoms with Crippen molar-refractivity contribution in [1.82, 2.24) is 5.32 Å². The number of hydrogen-bond donors (Lipinski definition) is 2. The van der Waals surface area contributed by atoms with Gasteiger partial charge in [-0.1, -0.05) is 0 Å². The zero-order valence-corrected chi connectivity index (χ0v) is 8.16. The molecule has 2 N–H and O–H groups in total. The van der Waals surface area contributed by atoms with Crippen LogP contribution in [0, 0.1) is 5.82 Å². The smallest absolute Gasteiger partial charge is 0.335 e. The molecule has 1 saturated heterocycles. The van der Waals surface area contributed by atoms with E-state index < -0.39 is 11.8 Å². The molecule has 1 aliphatic rings. The van der Waals surface area contributed by atoms with Crippen molar-refractivity contribution in [1.29, 1.82) is 0 Å². The van der Waals surface area contributed by atoms with Crippen LogP contribution in [0.4, 0.5) is 4.39 Å². The SMILES string of the molecule is O=C(O)c1cc(F)cc([C@H]2CCNC2)c1. The van der Waals surface area contributed by atoms with Crippen LogP contribution in [0.15, 0.2) is 18.2 Å². The maximum absolute atomic E-state index is 13.2. The van der Waals surface area contributed by atoms with Crippen molar-refractivity contribution in [3.63, 3.8) is 0 Å². The number of benzene rings is 1. The Hall–Kier alpha value is -1.42. The van der Waals surface area contributed by atoms with Gasteiger partial charge in [-0.05, 0) is 42.6 Å². The van der Waals surface area contributed by atoms with Gasteiger partial charge >= 0.3 is 5.97 Å². The van der Waals surface area contributed by atoms with Crippen LogP contribution in [-0.4, -0.2) is 24.2 Å². The Kier molecular flexibility index (Phi) is 2.68. The van der Waals surface area contributed by atoms with Gasteiger partial charge in [-0.15, -0.1) is 0 Å². The topological polar surface area (TPSA) is 49.3 Å². The average Bonchev–Trinajstić information content (AvgIpc) is 2.69. The fourth-order valence-electron chi connectivity index (χ4n) is 1.91. The van der Waals surface area contributed by atoms with Gasteiger partial charge in [-0.2, -0.15) is 0 Å². The molecule has 15 heavy (non-hydrogen) atoms. The molecular formula is C11H12FNO2. The quantitative estimate of drug-likeness (QED) is 0.777. The zero-order chi connectivity index (χ0) is 10.8. The summed E-state index contributed by atoms with van der Waals surface area (Å²) in [6, 6.07) is 4.03. The lowest BCUT2D eigenvalue weighted by atomic mass is 9.96. The van der Waals surface area contributed by atoms with Crippen LogP contribution in [0.5, 0.6) is 0 Å². The highest BCUT2D eigenvalue weighted by atomic mass is 19.1. The van der Waals surface area contributed by atoms with E-state index in [1.165, 1.54) is 6.07 Å². The maximum atomic E-state index is 13.2. The number of aromatic carboxylic acids is 1. The minimum atomic E-state index is -1.08. The summed E-state index contributed by atoms with van der Waals surface area (Å²) in [5.41, 5.74) is 0.800. The molecule has 0 bridgehead atoms. The Morgan fingerprint density at radius 2 is 2.27 bits per heavy atom. The third-order valence-corrected chi connectivity index (χ3v) is 2.70. The lowest BCUT2D eigenvalue weighted by Gasteiger charge is -2.09. The van der Waals surface area contributed by atoms with E-state index in [1.54, 1.807) is 6.07 Å². The number of carboxylic acids is 1. The van der Waals surface area contributed by atoms with Crippen LogP contribution < -0.4 is 5.32 Å². The first-order valence-corrected chi connectivity index (χ1v) is 4.91. The molecule has 1 aromatic rings. The Morgan fingerprint density at radius 1 is 1.47 bits per heavy atom. The molecule has 1 aliphatic heterocycles. The molecule has 0 radical (unpaired) electrons. The minimum absolute atomic E-state index is 0.0249. The standard InChI is InChI=1S/C11H12FNO2/c12-10-4-8(7-1-2-13-6-7)3-9(5-10)11(14)15/h3-5,7,13H,1-2,6H2,(H,14,15)/t7-/m0/s1. The molecule has 3 nitrogen and oxygen atoms in total. The Morgan fingerprint density at radius 3 is 2.87 bits per heavy atom. The van der Waals surface area contributed by atoms with Crippen LogP contribution in [-0.2, 0) is 0 Å². The predicted octanol–water partition coefficient (Wildman–Crippen LogP) is 1.60. The van der Waals surface area contributed by atoms with Gasteiger partial charge in [-0.25, -0.2) is 9.18 Å². The van der Waals surface area contributed by atoms with Crippen molar-refractivity contribution < 1.29 is 14.3 Å². The lowest BCUT2D eigenvalue weighted by molar-refractivity contribution is 0.0696. The van der Waals surface area contributed by atoms with Gasteiger partial charge in [0, 0.05) is 6.54 Å². The number of nitrogens with one attached hydrogen (secondary N) is 1. The van der Waals surface area contributed by atoms with Gasteiger partial charge < -0.3 is 10.4 Å². The summed E-state index contributed by atoms with van der Waals surface area (Å²) in [6.45, 7) is 1.70. The highest BCUT2D eigenvalue weighted by Gasteiger charge is 2.18. The van der Waals surface area contributed by atoms with E-state index in [1.807, 2.05) is 0 Å². The zero-order valence-electron chi connectivity index (χ0n) is 8.16. The van der Waals surface area contributed by atoms with E-state index in [0.29, 0.717) is 0 Å². The number of carbonyl (C=O) groups is 1. The van der Waals surface area contributed by atoms with Crippen molar-refractivity contribution in [2.75, 3.05) is 13.1 Å². The minimum Gasteiger partial charge on any atom is -0.478 e. The highest BCUT2D eigenvalue weighted by molar-refractivity contribution is 5.87. The lowest BCUT2D eigenvalue weighted by Crippen LogP contribution is -2.09. The van der Waals surface area contributed by atoms with E-state index in [2.05, 4.69) is 5.32 Å². The molecule has 0 aliphatic carbocycles. The molecule has 0 saturated carbocycles. The number of hydrogen-bond acceptors (Lipinski definition) is 2. The predicted molar refractivity (Wildman–Crippen MR) is 53.6 cm³/mol. The van der Waals surface area contributed by atoms with E-state index in [9.17, 15) is 9.18 Å². The summed E-state index contributed by atoms with van der Waals surface area (Å²) in [7, 11) is 0. The second kappa shape index (κ2) is 3.98. The van der Waals surface area contributed by atoms with E-state index in [0.717, 1.165) is 31.1 Å². The molecular weight excluding hydrogens is 197 g/mol. The van der Waals surface area contributed by atoms with Gasteiger partial charge in [0.25, 0.3) is 0 Å². The molecule has 1 heterocycles. The third-order valence-electron chi connectivity index (χ3n) is 2.70. The average molecular weight is 209 g/mol. The van der Waals surface area contributed by atoms with Gasteiger partial charge in [0.1, 0.15) is 5.82 Å². The van der Waals surface area contributed by atoms with Gasteiger partial charge in [0.15, 0.2) is 0 Å². The van der Waals surface area contributed by atoms with E-state index >= 15 is 0 Å². The molecule has 2 rings (SSSR count). The molecule has 0 unspecified atom stereocenters. The van der Waals surface area contributed by atoms with Crippen LogP contribution >= 0.6 is 0 Å². The van der Waals surface area contributed by atoms with Gasteiger partial charge in [0.05, 0.1) is 5.56 Å². The molecule has 0 aromatic heterocycles. The van der Waals surface area contributed by atoms with Crippen molar-refractivity contribution in [2.24, 2.45) is 0 Å². The Bertz CT molecular complexity index is 386. The first-order valence-electron chi connectivity index (χ1n) is 4.91. The first kappa shape index (κ1) is 10.1. The van der Waals surface area contributed by atoms with Crippen LogP contribution in [0.2, 0.25) is 0 Å². The van der Waals surface area contributed by atoms with E-state index in [4.69, 9.17) is 5.11 Å². The first-order chi connectivity index (χ1) is 7.16. The summed E-state index contributed by atoms with van der Waals surface area (Å²) >= 11 is 0.